The smallest absolute Gasteiger partial charge is 0.245 e. The van der Waals surface area contributed by atoms with Crippen molar-refractivity contribution in [1.29, 1.82) is 0 Å². The van der Waals surface area contributed by atoms with E-state index in [2.05, 4.69) is 13.6 Å². The SMILES string of the molecule is O=S(=O)(c1cccc2nsnc12)N1CCCN(Cc2ccc(Cl)cc2)CC1. The van der Waals surface area contributed by atoms with E-state index >= 15 is 0 Å². The van der Waals surface area contributed by atoms with E-state index in [9.17, 15) is 8.42 Å². The lowest BCUT2D eigenvalue weighted by atomic mass is 10.2. The molecule has 27 heavy (non-hydrogen) atoms. The second-order valence-corrected chi connectivity index (χ2v) is 9.42. The van der Waals surface area contributed by atoms with Crippen LogP contribution in [0.2, 0.25) is 5.02 Å². The number of benzene rings is 2. The molecule has 1 saturated heterocycles. The molecule has 9 heteroatoms. The van der Waals surface area contributed by atoms with Crippen LogP contribution in [-0.4, -0.2) is 52.5 Å². The summed E-state index contributed by atoms with van der Waals surface area (Å²) in [5, 5.41) is 0.720. The van der Waals surface area contributed by atoms with Crippen molar-refractivity contribution in [2.24, 2.45) is 0 Å². The van der Waals surface area contributed by atoms with Gasteiger partial charge in [0, 0.05) is 31.2 Å². The summed E-state index contributed by atoms with van der Waals surface area (Å²) < 4.78 is 36.3. The monoisotopic (exact) mass is 422 g/mol. The van der Waals surface area contributed by atoms with E-state index in [1.807, 2.05) is 24.3 Å². The first-order valence-corrected chi connectivity index (χ1v) is 11.3. The zero-order chi connectivity index (χ0) is 18.9. The quantitative estimate of drug-likeness (QED) is 0.645. The van der Waals surface area contributed by atoms with Gasteiger partial charge in [-0.2, -0.15) is 13.1 Å². The van der Waals surface area contributed by atoms with Crippen LogP contribution in [0.15, 0.2) is 47.4 Å². The highest BCUT2D eigenvalue weighted by Crippen LogP contribution is 2.25. The maximum Gasteiger partial charge on any atom is 0.245 e. The van der Waals surface area contributed by atoms with Crippen LogP contribution in [0.4, 0.5) is 0 Å². The Kier molecular flexibility index (Phi) is 5.43. The molecule has 0 amide bonds. The number of nitrogens with zero attached hydrogens (tertiary/aromatic N) is 4. The molecule has 0 saturated carbocycles. The summed E-state index contributed by atoms with van der Waals surface area (Å²) in [4.78, 5) is 2.53. The van der Waals surface area contributed by atoms with Crippen molar-refractivity contribution in [3.8, 4) is 0 Å². The van der Waals surface area contributed by atoms with Gasteiger partial charge in [-0.1, -0.05) is 29.8 Å². The largest absolute Gasteiger partial charge is 0.298 e. The molecule has 0 atom stereocenters. The normalized spacial score (nSPS) is 17.2. The van der Waals surface area contributed by atoms with Gasteiger partial charge in [0.2, 0.25) is 10.0 Å². The second kappa shape index (κ2) is 7.81. The van der Waals surface area contributed by atoms with E-state index in [0.29, 0.717) is 30.7 Å². The van der Waals surface area contributed by atoms with E-state index in [1.54, 1.807) is 22.5 Å². The van der Waals surface area contributed by atoms with E-state index in [4.69, 9.17) is 11.6 Å². The van der Waals surface area contributed by atoms with Crippen molar-refractivity contribution >= 4 is 44.4 Å². The summed E-state index contributed by atoms with van der Waals surface area (Å²) in [5.41, 5.74) is 2.26. The molecular weight excluding hydrogens is 404 g/mol. The summed E-state index contributed by atoms with van der Waals surface area (Å²) >= 11 is 6.98. The van der Waals surface area contributed by atoms with Crippen LogP contribution in [0.25, 0.3) is 11.0 Å². The molecule has 0 spiro atoms. The molecule has 0 bridgehead atoms. The Morgan fingerprint density at radius 1 is 1.00 bits per heavy atom. The molecule has 1 aromatic heterocycles. The highest BCUT2D eigenvalue weighted by molar-refractivity contribution is 7.89. The van der Waals surface area contributed by atoms with Crippen LogP contribution in [0.1, 0.15) is 12.0 Å². The van der Waals surface area contributed by atoms with Crippen molar-refractivity contribution in [3.05, 3.63) is 53.1 Å². The summed E-state index contributed by atoms with van der Waals surface area (Å²) in [6, 6.07) is 12.9. The van der Waals surface area contributed by atoms with Gasteiger partial charge < -0.3 is 0 Å². The number of aromatic nitrogens is 2. The highest BCUT2D eigenvalue weighted by atomic mass is 35.5. The first-order chi connectivity index (χ1) is 13.0. The molecular formula is C18H19ClN4O2S2. The van der Waals surface area contributed by atoms with Crippen molar-refractivity contribution in [3.63, 3.8) is 0 Å². The lowest BCUT2D eigenvalue weighted by molar-refractivity contribution is 0.278. The van der Waals surface area contributed by atoms with E-state index < -0.39 is 10.0 Å². The van der Waals surface area contributed by atoms with Gasteiger partial charge in [-0.3, -0.25) is 4.90 Å². The molecule has 3 aromatic rings. The standard InChI is InChI=1S/C18H19ClN4O2S2/c19-15-7-5-14(6-8-15)13-22-9-2-10-23(12-11-22)27(24,25)17-4-1-3-16-18(17)21-26-20-16/h1,3-8H,2,9-13H2. The molecule has 142 valence electrons. The minimum absolute atomic E-state index is 0.250. The van der Waals surface area contributed by atoms with Gasteiger partial charge in [0.1, 0.15) is 15.9 Å². The lowest BCUT2D eigenvalue weighted by Crippen LogP contribution is -2.35. The summed E-state index contributed by atoms with van der Waals surface area (Å²) in [7, 11) is -3.59. The second-order valence-electron chi connectivity index (χ2n) is 6.55. The van der Waals surface area contributed by atoms with Crippen molar-refractivity contribution < 1.29 is 8.42 Å². The Balaban J connectivity index is 1.50. The van der Waals surface area contributed by atoms with Gasteiger partial charge in [0.05, 0.1) is 11.7 Å². The average molecular weight is 423 g/mol. The average Bonchev–Trinajstić information content (AvgIpc) is 3.02. The number of hydrogen-bond donors (Lipinski definition) is 0. The molecule has 1 aliphatic heterocycles. The fraction of sp³-hybridized carbons (Fsp3) is 0.333. The first kappa shape index (κ1) is 18.8. The Morgan fingerprint density at radius 3 is 2.63 bits per heavy atom. The number of sulfonamides is 1. The predicted octanol–water partition coefficient (Wildman–Crippen LogP) is 3.24. The summed E-state index contributed by atoms with van der Waals surface area (Å²) in [5.74, 6) is 0. The maximum atomic E-state index is 13.2. The number of rotatable bonds is 4. The molecule has 1 fully saturated rings. The fourth-order valence-corrected chi connectivity index (χ4v) is 5.67. The van der Waals surface area contributed by atoms with Gasteiger partial charge in [-0.05, 0) is 42.8 Å². The van der Waals surface area contributed by atoms with Gasteiger partial charge in [0.15, 0.2) is 0 Å². The third-order valence-electron chi connectivity index (χ3n) is 4.73. The molecule has 4 rings (SSSR count). The van der Waals surface area contributed by atoms with Gasteiger partial charge in [0.25, 0.3) is 0 Å². The molecule has 2 heterocycles. The third-order valence-corrected chi connectivity index (χ3v) is 7.46. The third kappa shape index (κ3) is 4.00. The Morgan fingerprint density at radius 2 is 1.81 bits per heavy atom. The molecule has 0 unspecified atom stereocenters. The maximum absolute atomic E-state index is 13.2. The Labute approximate surface area is 167 Å². The van der Waals surface area contributed by atoms with Crippen molar-refractivity contribution in [1.82, 2.24) is 18.0 Å². The zero-order valence-corrected chi connectivity index (χ0v) is 17.0. The van der Waals surface area contributed by atoms with Crippen LogP contribution in [-0.2, 0) is 16.6 Å². The fourth-order valence-electron chi connectivity index (χ4n) is 3.32. The van der Waals surface area contributed by atoms with Crippen LogP contribution in [0.5, 0.6) is 0 Å². The van der Waals surface area contributed by atoms with Crippen molar-refractivity contribution in [2.75, 3.05) is 26.2 Å². The molecule has 6 nitrogen and oxygen atoms in total. The Bertz CT molecular complexity index is 1040. The minimum Gasteiger partial charge on any atom is -0.298 e. The molecule has 0 N–H and O–H groups in total. The van der Waals surface area contributed by atoms with E-state index in [1.165, 1.54) is 5.56 Å². The van der Waals surface area contributed by atoms with Crippen LogP contribution >= 0.6 is 23.3 Å². The number of hydrogen-bond acceptors (Lipinski definition) is 6. The van der Waals surface area contributed by atoms with Gasteiger partial charge in [-0.15, -0.1) is 0 Å². The number of fused-ring (bicyclic) bond motifs is 1. The minimum atomic E-state index is -3.59. The van der Waals surface area contributed by atoms with E-state index in [0.717, 1.165) is 36.3 Å². The van der Waals surface area contributed by atoms with Crippen LogP contribution in [0, 0.1) is 0 Å². The topological polar surface area (TPSA) is 66.4 Å². The molecule has 0 radical (unpaired) electrons. The lowest BCUT2D eigenvalue weighted by Gasteiger charge is -2.22. The van der Waals surface area contributed by atoms with Crippen molar-refractivity contribution in [2.45, 2.75) is 17.9 Å². The first-order valence-electron chi connectivity index (χ1n) is 8.72. The molecule has 2 aromatic carbocycles. The number of halogens is 1. The van der Waals surface area contributed by atoms with Crippen LogP contribution < -0.4 is 0 Å². The molecule has 0 aliphatic carbocycles. The summed E-state index contributed by atoms with van der Waals surface area (Å²) in [6.45, 7) is 3.30. The van der Waals surface area contributed by atoms with Gasteiger partial charge >= 0.3 is 0 Å². The molecule has 1 aliphatic rings. The van der Waals surface area contributed by atoms with Gasteiger partial charge in [-0.25, -0.2) is 8.42 Å². The van der Waals surface area contributed by atoms with E-state index in [-0.39, 0.29) is 4.90 Å². The predicted molar refractivity (Wildman–Crippen MR) is 108 cm³/mol. The highest BCUT2D eigenvalue weighted by Gasteiger charge is 2.29. The van der Waals surface area contributed by atoms with Crippen LogP contribution in [0.3, 0.4) is 0 Å². The zero-order valence-electron chi connectivity index (χ0n) is 14.6. The Hall–Kier alpha value is -1.58. The summed E-state index contributed by atoms with van der Waals surface area (Å²) in [6.07, 6.45) is 0.790.